The van der Waals surface area contributed by atoms with Crippen molar-refractivity contribution in [3.05, 3.63) is 65.7 Å². The average molecular weight is 253 g/mol. The van der Waals surface area contributed by atoms with Crippen LogP contribution in [0.2, 0.25) is 0 Å². The van der Waals surface area contributed by atoms with Crippen LogP contribution in [0.5, 0.6) is 5.75 Å². The summed E-state index contributed by atoms with van der Waals surface area (Å²) < 4.78 is 5.74. The Morgan fingerprint density at radius 1 is 1.00 bits per heavy atom. The van der Waals surface area contributed by atoms with Gasteiger partial charge in [-0.15, -0.1) is 0 Å². The third kappa shape index (κ3) is 2.94. The van der Waals surface area contributed by atoms with Crippen molar-refractivity contribution in [1.29, 1.82) is 0 Å². The average Bonchev–Trinajstić information content (AvgIpc) is 3.01. The minimum atomic E-state index is 0.588. The number of hydrogen-bond donors (Lipinski definition) is 0. The fourth-order valence-electron chi connectivity index (χ4n) is 1.99. The van der Waals surface area contributed by atoms with Gasteiger partial charge in [-0.25, -0.2) is 0 Å². The predicted octanol–water partition coefficient (Wildman–Crippen LogP) is 3.39. The summed E-state index contributed by atoms with van der Waals surface area (Å²) >= 11 is 0. The molecule has 0 N–H and O–H groups in total. The number of hydrogen-bond acceptors (Lipinski definition) is 3. The summed E-state index contributed by atoms with van der Waals surface area (Å²) in [4.78, 5) is 5.00. The highest BCUT2D eigenvalue weighted by Crippen LogP contribution is 2.17. The smallest absolute Gasteiger partial charge is 0.122 e. The zero-order chi connectivity index (χ0) is 12.9. The molecule has 0 amide bonds. The normalized spacial score (nSPS) is 13.8. The zero-order valence-corrected chi connectivity index (χ0v) is 10.6. The van der Waals surface area contributed by atoms with Crippen molar-refractivity contribution in [1.82, 2.24) is 0 Å². The fourth-order valence-corrected chi connectivity index (χ4v) is 1.99. The lowest BCUT2D eigenvalue weighted by Gasteiger charge is -2.07. The minimum absolute atomic E-state index is 0.588. The molecule has 2 aromatic rings. The first-order chi connectivity index (χ1) is 9.42. The summed E-state index contributed by atoms with van der Waals surface area (Å²) in [5, 5.41) is 4.01. The van der Waals surface area contributed by atoms with Gasteiger partial charge in [-0.05, 0) is 35.4 Å². The van der Waals surface area contributed by atoms with Crippen molar-refractivity contribution in [3.8, 4) is 5.75 Å². The third-order valence-electron chi connectivity index (χ3n) is 3.04. The Morgan fingerprint density at radius 3 is 2.47 bits per heavy atom. The van der Waals surface area contributed by atoms with Crippen molar-refractivity contribution >= 4 is 5.71 Å². The third-order valence-corrected chi connectivity index (χ3v) is 3.04. The van der Waals surface area contributed by atoms with Gasteiger partial charge in [0.15, 0.2) is 0 Å². The number of ether oxygens (including phenoxy) is 1. The molecule has 0 saturated carbocycles. The summed E-state index contributed by atoms with van der Waals surface area (Å²) in [6.45, 7) is 1.27. The molecule has 3 heteroatoms. The molecule has 1 aliphatic heterocycles. The lowest BCUT2D eigenvalue weighted by Crippen LogP contribution is -1.98. The first kappa shape index (κ1) is 11.8. The molecule has 0 aliphatic carbocycles. The van der Waals surface area contributed by atoms with E-state index < -0.39 is 0 Å². The molecule has 0 atom stereocenters. The van der Waals surface area contributed by atoms with Gasteiger partial charge in [-0.2, -0.15) is 0 Å². The number of oxime groups is 1. The predicted molar refractivity (Wildman–Crippen MR) is 74.3 cm³/mol. The van der Waals surface area contributed by atoms with Crippen LogP contribution in [0.4, 0.5) is 0 Å². The molecule has 2 aromatic carbocycles. The molecule has 3 rings (SSSR count). The van der Waals surface area contributed by atoms with Crippen LogP contribution in [-0.4, -0.2) is 12.3 Å². The van der Waals surface area contributed by atoms with Crippen molar-refractivity contribution in [2.24, 2.45) is 5.16 Å². The van der Waals surface area contributed by atoms with E-state index in [1.54, 1.807) is 0 Å². The van der Waals surface area contributed by atoms with Gasteiger partial charge in [0.25, 0.3) is 0 Å². The Labute approximate surface area is 112 Å². The van der Waals surface area contributed by atoms with Gasteiger partial charge in [0.1, 0.15) is 19.0 Å². The van der Waals surface area contributed by atoms with Gasteiger partial charge in [0.05, 0.1) is 5.71 Å². The molecule has 96 valence electrons. The highest BCUT2D eigenvalue weighted by atomic mass is 16.6. The minimum Gasteiger partial charge on any atom is -0.489 e. The molecule has 0 bridgehead atoms. The summed E-state index contributed by atoms with van der Waals surface area (Å²) in [7, 11) is 0. The maximum atomic E-state index is 5.74. The lowest BCUT2D eigenvalue weighted by atomic mass is 10.1. The SMILES string of the molecule is c1ccc(COc2ccc(C3=NOCC3)cc2)cc1. The van der Waals surface area contributed by atoms with Crippen LogP contribution in [0.3, 0.4) is 0 Å². The monoisotopic (exact) mass is 253 g/mol. The summed E-state index contributed by atoms with van der Waals surface area (Å²) in [6.07, 6.45) is 0.879. The van der Waals surface area contributed by atoms with Gasteiger partial charge in [-0.1, -0.05) is 35.5 Å². The Kier molecular flexibility index (Phi) is 3.45. The highest BCUT2D eigenvalue weighted by molar-refractivity contribution is 6.00. The van der Waals surface area contributed by atoms with Crippen LogP contribution in [0.25, 0.3) is 0 Å². The van der Waals surface area contributed by atoms with E-state index in [4.69, 9.17) is 9.57 Å². The van der Waals surface area contributed by atoms with E-state index in [1.807, 2.05) is 42.5 Å². The molecule has 0 aromatic heterocycles. The van der Waals surface area contributed by atoms with E-state index in [-0.39, 0.29) is 0 Å². The van der Waals surface area contributed by atoms with E-state index in [0.29, 0.717) is 13.2 Å². The van der Waals surface area contributed by atoms with Crippen molar-refractivity contribution < 1.29 is 9.57 Å². The van der Waals surface area contributed by atoms with Gasteiger partial charge >= 0.3 is 0 Å². The van der Waals surface area contributed by atoms with Gasteiger partial charge in [0.2, 0.25) is 0 Å². The van der Waals surface area contributed by atoms with E-state index >= 15 is 0 Å². The van der Waals surface area contributed by atoms with Crippen LogP contribution in [0, 0.1) is 0 Å². The molecule has 0 saturated heterocycles. The second-order valence-electron chi connectivity index (χ2n) is 4.42. The van der Waals surface area contributed by atoms with Crippen LogP contribution in [-0.2, 0) is 11.4 Å². The summed E-state index contributed by atoms with van der Waals surface area (Å²) in [5.74, 6) is 0.868. The second kappa shape index (κ2) is 5.57. The van der Waals surface area contributed by atoms with E-state index in [1.165, 1.54) is 5.56 Å². The first-order valence-electron chi connectivity index (χ1n) is 6.38. The summed E-state index contributed by atoms with van der Waals surface area (Å²) in [5.41, 5.74) is 3.28. The Balaban J connectivity index is 1.63. The summed E-state index contributed by atoms with van der Waals surface area (Å²) in [6, 6.07) is 18.1. The van der Waals surface area contributed by atoms with Crippen LogP contribution >= 0.6 is 0 Å². The topological polar surface area (TPSA) is 30.8 Å². The van der Waals surface area contributed by atoms with Gasteiger partial charge in [-0.3, -0.25) is 0 Å². The lowest BCUT2D eigenvalue weighted by molar-refractivity contribution is 0.174. The fraction of sp³-hybridized carbons (Fsp3) is 0.188. The van der Waals surface area contributed by atoms with Crippen LogP contribution in [0.15, 0.2) is 59.8 Å². The standard InChI is InChI=1S/C16H15NO2/c1-2-4-13(5-3-1)12-18-15-8-6-14(7-9-15)16-10-11-19-17-16/h1-9H,10-12H2. The molecule has 3 nitrogen and oxygen atoms in total. The molecule has 0 fully saturated rings. The molecule has 0 spiro atoms. The quantitative estimate of drug-likeness (QED) is 0.836. The zero-order valence-electron chi connectivity index (χ0n) is 10.6. The molecular weight excluding hydrogens is 238 g/mol. The van der Waals surface area contributed by atoms with E-state index in [9.17, 15) is 0 Å². The van der Waals surface area contributed by atoms with Crippen molar-refractivity contribution in [3.63, 3.8) is 0 Å². The molecule has 0 radical (unpaired) electrons. The van der Waals surface area contributed by atoms with Crippen molar-refractivity contribution in [2.45, 2.75) is 13.0 Å². The Morgan fingerprint density at radius 2 is 1.79 bits per heavy atom. The van der Waals surface area contributed by atoms with Crippen molar-refractivity contribution in [2.75, 3.05) is 6.61 Å². The van der Waals surface area contributed by atoms with E-state index in [2.05, 4.69) is 17.3 Å². The Bertz CT molecular complexity index is 561. The number of nitrogens with zero attached hydrogens (tertiary/aromatic N) is 1. The maximum Gasteiger partial charge on any atom is 0.122 e. The van der Waals surface area contributed by atoms with Crippen LogP contribution in [0.1, 0.15) is 17.5 Å². The second-order valence-corrected chi connectivity index (χ2v) is 4.42. The van der Waals surface area contributed by atoms with E-state index in [0.717, 1.165) is 23.4 Å². The molecule has 1 heterocycles. The first-order valence-corrected chi connectivity index (χ1v) is 6.38. The Hall–Kier alpha value is -2.29. The molecule has 19 heavy (non-hydrogen) atoms. The van der Waals surface area contributed by atoms with Crippen LogP contribution < -0.4 is 4.74 Å². The molecule has 1 aliphatic rings. The largest absolute Gasteiger partial charge is 0.489 e. The number of benzene rings is 2. The molecular formula is C16H15NO2. The maximum absolute atomic E-state index is 5.74. The highest BCUT2D eigenvalue weighted by Gasteiger charge is 2.10. The van der Waals surface area contributed by atoms with Gasteiger partial charge < -0.3 is 9.57 Å². The molecule has 0 unspecified atom stereocenters. The van der Waals surface area contributed by atoms with Gasteiger partial charge in [0, 0.05) is 6.42 Å². The number of rotatable bonds is 4.